The zero-order chi connectivity index (χ0) is 18.6. The third kappa shape index (κ3) is 4.34. The largest absolute Gasteiger partial charge is 0.454 e. The second-order valence-electron chi connectivity index (χ2n) is 7.02. The van der Waals surface area contributed by atoms with Crippen molar-refractivity contribution in [1.82, 2.24) is 0 Å². The fourth-order valence-corrected chi connectivity index (χ4v) is 4.60. The number of aliphatic hydroxyl groups excluding tert-OH is 2. The molecular formula is C21H26O4S. The Hall–Kier alpha value is -1.69. The lowest BCUT2D eigenvalue weighted by atomic mass is 9.88. The summed E-state index contributed by atoms with van der Waals surface area (Å²) < 4.78 is 10.4. The molecule has 0 unspecified atom stereocenters. The average molecular weight is 375 g/mol. The molecule has 2 aromatic rings. The van der Waals surface area contributed by atoms with Crippen LogP contribution in [0.5, 0.6) is 11.5 Å². The molecule has 2 aromatic carbocycles. The van der Waals surface area contributed by atoms with Gasteiger partial charge in [0.05, 0.1) is 6.10 Å². The highest BCUT2D eigenvalue weighted by molar-refractivity contribution is 8.00. The minimum absolute atomic E-state index is 0.0316. The van der Waals surface area contributed by atoms with E-state index in [4.69, 9.17) is 9.47 Å². The molecule has 4 nitrogen and oxygen atoms in total. The molecule has 1 aliphatic heterocycles. The number of aliphatic hydroxyl groups is 2. The molecule has 5 heteroatoms. The molecule has 0 bridgehead atoms. The number of benzene rings is 2. The Morgan fingerprint density at radius 2 is 1.85 bits per heavy atom. The summed E-state index contributed by atoms with van der Waals surface area (Å²) in [6, 6.07) is 16.1. The van der Waals surface area contributed by atoms with Crippen LogP contribution in [-0.4, -0.2) is 34.5 Å². The van der Waals surface area contributed by atoms with E-state index in [2.05, 4.69) is 19.1 Å². The number of aryl methyl sites for hydroxylation is 1. The highest BCUT2D eigenvalue weighted by Crippen LogP contribution is 2.42. The molecule has 0 aliphatic carbocycles. The van der Waals surface area contributed by atoms with E-state index in [1.807, 2.05) is 43.3 Å². The Balaban J connectivity index is 1.76. The molecule has 0 amide bonds. The summed E-state index contributed by atoms with van der Waals surface area (Å²) in [6.45, 7) is 4.20. The van der Waals surface area contributed by atoms with Crippen molar-refractivity contribution in [3.05, 3.63) is 54.1 Å². The van der Waals surface area contributed by atoms with Crippen LogP contribution in [0.2, 0.25) is 0 Å². The highest BCUT2D eigenvalue weighted by atomic mass is 32.2. The summed E-state index contributed by atoms with van der Waals surface area (Å²) in [4.78, 5) is 1.12. The number of ether oxygens (including phenoxy) is 2. The van der Waals surface area contributed by atoms with Crippen molar-refractivity contribution >= 4 is 11.8 Å². The summed E-state index contributed by atoms with van der Waals surface area (Å²) in [5, 5.41) is 20.4. The van der Waals surface area contributed by atoms with Gasteiger partial charge in [0.2, 0.25) is 6.79 Å². The number of rotatable bonds is 8. The van der Waals surface area contributed by atoms with Gasteiger partial charge in [-0.3, -0.25) is 0 Å². The van der Waals surface area contributed by atoms with E-state index in [0.29, 0.717) is 0 Å². The van der Waals surface area contributed by atoms with Gasteiger partial charge in [-0.2, -0.15) is 0 Å². The SMILES string of the molecule is C[C@@H](CO)[C@@H](O)[C@](C)(CCc1ccc2c(c1)OCO2)Sc1ccccc1. The van der Waals surface area contributed by atoms with Gasteiger partial charge in [0.1, 0.15) is 0 Å². The predicted octanol–water partition coefficient (Wildman–Crippen LogP) is 3.89. The first-order valence-corrected chi connectivity index (χ1v) is 9.75. The normalized spacial score (nSPS) is 17.5. The number of hydrogen-bond donors (Lipinski definition) is 2. The highest BCUT2D eigenvalue weighted by Gasteiger charge is 2.37. The standard InChI is InChI=1S/C21H26O4S/c1-15(13-22)20(23)21(2,26-17-6-4-3-5-7-17)11-10-16-8-9-18-19(12-16)25-14-24-18/h3-9,12,15,20,22-23H,10-11,13-14H2,1-2H3/t15-,20+,21-/m0/s1. The van der Waals surface area contributed by atoms with E-state index in [1.165, 1.54) is 0 Å². The van der Waals surface area contributed by atoms with Crippen LogP contribution < -0.4 is 9.47 Å². The lowest BCUT2D eigenvalue weighted by Crippen LogP contribution is -2.42. The third-order valence-corrected chi connectivity index (χ3v) is 6.31. The Bertz CT molecular complexity index is 721. The van der Waals surface area contributed by atoms with Gasteiger partial charge in [0.15, 0.2) is 11.5 Å². The molecule has 3 rings (SSSR count). The van der Waals surface area contributed by atoms with Gasteiger partial charge in [-0.25, -0.2) is 0 Å². The minimum atomic E-state index is -0.619. The molecule has 0 aromatic heterocycles. The van der Waals surface area contributed by atoms with Crippen molar-refractivity contribution in [2.24, 2.45) is 5.92 Å². The molecule has 1 aliphatic rings. The van der Waals surface area contributed by atoms with E-state index in [0.717, 1.165) is 34.8 Å². The smallest absolute Gasteiger partial charge is 0.231 e. The van der Waals surface area contributed by atoms with E-state index < -0.39 is 10.9 Å². The molecule has 3 atom stereocenters. The molecule has 2 N–H and O–H groups in total. The maximum Gasteiger partial charge on any atom is 0.231 e. The van der Waals surface area contributed by atoms with Gasteiger partial charge in [-0.1, -0.05) is 31.2 Å². The fraction of sp³-hybridized carbons (Fsp3) is 0.429. The maximum absolute atomic E-state index is 10.9. The first-order valence-electron chi connectivity index (χ1n) is 8.93. The Kier molecular flexibility index (Phi) is 6.12. The van der Waals surface area contributed by atoms with Crippen LogP contribution in [0.15, 0.2) is 53.4 Å². The molecule has 0 spiro atoms. The third-order valence-electron chi connectivity index (χ3n) is 4.89. The summed E-state index contributed by atoms with van der Waals surface area (Å²) >= 11 is 1.67. The van der Waals surface area contributed by atoms with Crippen molar-refractivity contribution in [1.29, 1.82) is 0 Å². The molecular weight excluding hydrogens is 348 g/mol. The summed E-state index contributed by atoms with van der Waals surface area (Å²) in [5.41, 5.74) is 1.15. The minimum Gasteiger partial charge on any atom is -0.454 e. The average Bonchev–Trinajstić information content (AvgIpc) is 3.13. The van der Waals surface area contributed by atoms with Crippen molar-refractivity contribution in [2.45, 2.75) is 42.4 Å². The monoisotopic (exact) mass is 374 g/mol. The van der Waals surface area contributed by atoms with Crippen molar-refractivity contribution in [3.63, 3.8) is 0 Å². The van der Waals surface area contributed by atoms with Gasteiger partial charge in [-0.15, -0.1) is 11.8 Å². The number of thioether (sulfide) groups is 1. The first-order chi connectivity index (χ1) is 12.5. The van der Waals surface area contributed by atoms with Gasteiger partial charge in [0, 0.05) is 22.2 Å². The quantitative estimate of drug-likeness (QED) is 0.687. The molecule has 140 valence electrons. The zero-order valence-corrected chi connectivity index (χ0v) is 16.0. The second-order valence-corrected chi connectivity index (χ2v) is 8.63. The molecule has 0 fully saturated rings. The Morgan fingerprint density at radius 3 is 2.58 bits per heavy atom. The number of fused-ring (bicyclic) bond motifs is 1. The van der Waals surface area contributed by atoms with Crippen molar-refractivity contribution in [3.8, 4) is 11.5 Å². The van der Waals surface area contributed by atoms with Gasteiger partial charge < -0.3 is 19.7 Å². The number of hydrogen-bond acceptors (Lipinski definition) is 5. The zero-order valence-electron chi connectivity index (χ0n) is 15.2. The summed E-state index contributed by atoms with van der Waals surface area (Å²) in [5.74, 6) is 1.38. The van der Waals surface area contributed by atoms with Crippen LogP contribution in [0.25, 0.3) is 0 Å². The molecule has 0 saturated heterocycles. The van der Waals surface area contributed by atoms with Crippen LogP contribution in [0.1, 0.15) is 25.8 Å². The molecule has 0 saturated carbocycles. The van der Waals surface area contributed by atoms with E-state index in [1.54, 1.807) is 11.8 Å². The van der Waals surface area contributed by atoms with E-state index in [9.17, 15) is 10.2 Å². The first kappa shape index (κ1) is 19.1. The molecule has 0 radical (unpaired) electrons. The van der Waals surface area contributed by atoms with Crippen LogP contribution >= 0.6 is 11.8 Å². The van der Waals surface area contributed by atoms with E-state index in [-0.39, 0.29) is 19.3 Å². The molecule has 26 heavy (non-hydrogen) atoms. The van der Waals surface area contributed by atoms with Crippen LogP contribution in [0, 0.1) is 5.92 Å². The molecule has 1 heterocycles. The topological polar surface area (TPSA) is 58.9 Å². The summed E-state index contributed by atoms with van der Waals surface area (Å²) in [6.07, 6.45) is 0.964. The van der Waals surface area contributed by atoms with Gasteiger partial charge >= 0.3 is 0 Å². The van der Waals surface area contributed by atoms with Crippen LogP contribution in [0.4, 0.5) is 0 Å². The van der Waals surface area contributed by atoms with Crippen molar-refractivity contribution < 1.29 is 19.7 Å². The van der Waals surface area contributed by atoms with E-state index >= 15 is 0 Å². The fourth-order valence-electron chi connectivity index (χ4n) is 3.21. The Labute approximate surface area is 159 Å². The maximum atomic E-state index is 10.9. The predicted molar refractivity (Wildman–Crippen MR) is 104 cm³/mol. The van der Waals surface area contributed by atoms with Gasteiger partial charge in [-0.05, 0) is 49.6 Å². The van der Waals surface area contributed by atoms with Crippen molar-refractivity contribution in [2.75, 3.05) is 13.4 Å². The van der Waals surface area contributed by atoms with Crippen LogP contribution in [-0.2, 0) is 6.42 Å². The Morgan fingerprint density at radius 1 is 1.12 bits per heavy atom. The van der Waals surface area contributed by atoms with Gasteiger partial charge in [0.25, 0.3) is 0 Å². The van der Waals surface area contributed by atoms with Crippen LogP contribution in [0.3, 0.4) is 0 Å². The summed E-state index contributed by atoms with van der Waals surface area (Å²) in [7, 11) is 0. The lowest BCUT2D eigenvalue weighted by molar-refractivity contribution is 0.0477. The lowest BCUT2D eigenvalue weighted by Gasteiger charge is -2.37. The second kappa shape index (κ2) is 8.33.